The summed E-state index contributed by atoms with van der Waals surface area (Å²) in [5.74, 6) is 0.860. The first-order valence-electron chi connectivity index (χ1n) is 5.74. The molecule has 0 aromatic rings. The molecule has 0 fully saturated rings. The van der Waals surface area contributed by atoms with E-state index in [0.717, 1.165) is 12.8 Å². The molecule has 0 amide bonds. The molecule has 0 saturated carbocycles. The number of hydrogen-bond acceptors (Lipinski definition) is 2. The maximum Gasteiger partial charge on any atom is 0.161 e. The van der Waals surface area contributed by atoms with E-state index in [-0.39, 0.29) is 11.5 Å². The first-order valence-corrected chi connectivity index (χ1v) is 6.28. The van der Waals surface area contributed by atoms with Gasteiger partial charge in [0.05, 0.1) is 6.10 Å². The monoisotopic (exact) mass is 236 g/mol. The summed E-state index contributed by atoms with van der Waals surface area (Å²) < 4.78 is 5.59. The van der Waals surface area contributed by atoms with E-state index in [1.807, 2.05) is 20.8 Å². The fourth-order valence-corrected chi connectivity index (χ4v) is 1.41. The first-order chi connectivity index (χ1) is 6.85. The molecule has 0 aliphatic heterocycles. The molecule has 0 saturated heterocycles. The minimum absolute atomic E-state index is 0.0717. The van der Waals surface area contributed by atoms with Gasteiger partial charge in [0.1, 0.15) is 0 Å². The zero-order valence-electron chi connectivity index (χ0n) is 10.6. The van der Waals surface area contributed by atoms with Crippen molar-refractivity contribution in [3.8, 4) is 0 Å². The average molecular weight is 237 g/mol. The highest BCUT2D eigenvalue weighted by molar-refractivity contribution is 6.18. The van der Waals surface area contributed by atoms with Crippen molar-refractivity contribution in [2.75, 3.05) is 5.88 Å². The predicted octanol–water partition coefficient (Wildman–Crippen LogP) is 3.41. The van der Waals surface area contributed by atoms with E-state index < -0.39 is 6.29 Å². The SMILES string of the molecule is CCCC(C)C(C)OC(O)C(C)(C)CCl. The van der Waals surface area contributed by atoms with Gasteiger partial charge < -0.3 is 9.84 Å². The van der Waals surface area contributed by atoms with E-state index in [2.05, 4.69) is 13.8 Å². The Balaban J connectivity index is 4.11. The molecule has 92 valence electrons. The topological polar surface area (TPSA) is 29.5 Å². The van der Waals surface area contributed by atoms with E-state index in [1.165, 1.54) is 0 Å². The molecule has 0 aliphatic rings. The predicted molar refractivity (Wildman–Crippen MR) is 65.1 cm³/mol. The molecule has 3 unspecified atom stereocenters. The van der Waals surface area contributed by atoms with Crippen LogP contribution in [0.5, 0.6) is 0 Å². The summed E-state index contributed by atoms with van der Waals surface area (Å²) in [4.78, 5) is 0. The molecule has 3 atom stereocenters. The van der Waals surface area contributed by atoms with Crippen molar-refractivity contribution < 1.29 is 9.84 Å². The number of halogens is 1. The molecular formula is C12H25ClO2. The quantitative estimate of drug-likeness (QED) is 0.542. The van der Waals surface area contributed by atoms with Crippen LogP contribution < -0.4 is 0 Å². The minimum Gasteiger partial charge on any atom is -0.367 e. The van der Waals surface area contributed by atoms with Crippen LogP contribution in [0.4, 0.5) is 0 Å². The third-order valence-corrected chi connectivity index (χ3v) is 3.59. The summed E-state index contributed by atoms with van der Waals surface area (Å²) in [6.07, 6.45) is 1.55. The molecule has 0 bridgehead atoms. The van der Waals surface area contributed by atoms with E-state index in [0.29, 0.717) is 11.8 Å². The Morgan fingerprint density at radius 1 is 1.33 bits per heavy atom. The van der Waals surface area contributed by atoms with Crippen LogP contribution in [0, 0.1) is 11.3 Å². The Labute approximate surface area is 99.0 Å². The zero-order valence-corrected chi connectivity index (χ0v) is 11.3. The Kier molecular flexibility index (Phi) is 6.81. The Hall–Kier alpha value is 0.210. The van der Waals surface area contributed by atoms with Crippen LogP contribution in [0.15, 0.2) is 0 Å². The maximum atomic E-state index is 9.86. The summed E-state index contributed by atoms with van der Waals surface area (Å²) in [7, 11) is 0. The smallest absolute Gasteiger partial charge is 0.161 e. The van der Waals surface area contributed by atoms with Crippen molar-refractivity contribution in [2.45, 2.75) is 59.9 Å². The Bertz CT molecular complexity index is 171. The van der Waals surface area contributed by atoms with Crippen LogP contribution in [0.1, 0.15) is 47.5 Å². The number of aliphatic hydroxyl groups excluding tert-OH is 1. The van der Waals surface area contributed by atoms with E-state index in [4.69, 9.17) is 16.3 Å². The van der Waals surface area contributed by atoms with Crippen LogP contribution in [0.3, 0.4) is 0 Å². The molecule has 0 aromatic heterocycles. The average Bonchev–Trinajstić information content (AvgIpc) is 2.17. The fraction of sp³-hybridized carbons (Fsp3) is 1.00. The third kappa shape index (κ3) is 5.19. The molecule has 0 aromatic carbocycles. The van der Waals surface area contributed by atoms with Gasteiger partial charge in [0.15, 0.2) is 6.29 Å². The molecule has 15 heavy (non-hydrogen) atoms. The summed E-state index contributed by atoms with van der Waals surface area (Å²) in [6, 6.07) is 0. The molecule has 1 N–H and O–H groups in total. The molecule has 0 heterocycles. The van der Waals surface area contributed by atoms with Gasteiger partial charge >= 0.3 is 0 Å². The molecule has 3 heteroatoms. The van der Waals surface area contributed by atoms with Gasteiger partial charge in [-0.05, 0) is 19.3 Å². The number of aliphatic hydroxyl groups is 1. The van der Waals surface area contributed by atoms with Crippen LogP contribution >= 0.6 is 11.6 Å². The van der Waals surface area contributed by atoms with Gasteiger partial charge in [-0.2, -0.15) is 0 Å². The normalized spacial score (nSPS) is 18.6. The molecular weight excluding hydrogens is 212 g/mol. The van der Waals surface area contributed by atoms with Crippen LogP contribution in [0.25, 0.3) is 0 Å². The van der Waals surface area contributed by atoms with Crippen LogP contribution in [-0.2, 0) is 4.74 Å². The Morgan fingerprint density at radius 2 is 1.87 bits per heavy atom. The Morgan fingerprint density at radius 3 is 2.27 bits per heavy atom. The van der Waals surface area contributed by atoms with E-state index in [1.54, 1.807) is 0 Å². The van der Waals surface area contributed by atoms with Gasteiger partial charge in [0.2, 0.25) is 0 Å². The molecule has 0 spiro atoms. The van der Waals surface area contributed by atoms with Gasteiger partial charge in [0, 0.05) is 11.3 Å². The van der Waals surface area contributed by atoms with E-state index >= 15 is 0 Å². The molecule has 0 rings (SSSR count). The number of alkyl halides is 1. The van der Waals surface area contributed by atoms with Crippen LogP contribution in [0.2, 0.25) is 0 Å². The van der Waals surface area contributed by atoms with Gasteiger partial charge in [-0.25, -0.2) is 0 Å². The van der Waals surface area contributed by atoms with Crippen molar-refractivity contribution in [3.63, 3.8) is 0 Å². The van der Waals surface area contributed by atoms with Crippen molar-refractivity contribution in [1.82, 2.24) is 0 Å². The summed E-state index contributed by atoms with van der Waals surface area (Å²) in [5, 5.41) is 9.86. The van der Waals surface area contributed by atoms with Gasteiger partial charge in [0.25, 0.3) is 0 Å². The summed E-state index contributed by atoms with van der Waals surface area (Å²) >= 11 is 5.77. The molecule has 0 aliphatic carbocycles. The number of hydrogen-bond donors (Lipinski definition) is 1. The van der Waals surface area contributed by atoms with Gasteiger partial charge in [-0.3, -0.25) is 0 Å². The van der Waals surface area contributed by atoms with Crippen LogP contribution in [-0.4, -0.2) is 23.4 Å². The second-order valence-corrected chi connectivity index (χ2v) is 5.35. The first kappa shape index (κ1) is 15.2. The maximum absolute atomic E-state index is 9.86. The number of ether oxygens (including phenoxy) is 1. The van der Waals surface area contributed by atoms with Crippen molar-refractivity contribution in [2.24, 2.45) is 11.3 Å². The second kappa shape index (κ2) is 6.72. The third-order valence-electron chi connectivity index (χ3n) is 2.90. The standard InChI is InChI=1S/C12H25ClO2/c1-6-7-9(2)10(3)15-11(14)12(4,5)8-13/h9-11,14H,6-8H2,1-5H3. The van der Waals surface area contributed by atoms with Crippen molar-refractivity contribution in [1.29, 1.82) is 0 Å². The minimum atomic E-state index is -0.788. The lowest BCUT2D eigenvalue weighted by Gasteiger charge is -2.32. The van der Waals surface area contributed by atoms with Gasteiger partial charge in [-0.1, -0.05) is 34.1 Å². The number of rotatable bonds is 7. The lowest BCUT2D eigenvalue weighted by atomic mass is 9.94. The van der Waals surface area contributed by atoms with Gasteiger partial charge in [-0.15, -0.1) is 11.6 Å². The second-order valence-electron chi connectivity index (χ2n) is 5.08. The highest BCUT2D eigenvalue weighted by atomic mass is 35.5. The fourth-order valence-electron chi connectivity index (χ4n) is 1.28. The van der Waals surface area contributed by atoms with E-state index in [9.17, 15) is 5.11 Å². The highest BCUT2D eigenvalue weighted by Crippen LogP contribution is 2.26. The largest absolute Gasteiger partial charge is 0.367 e. The molecule has 0 radical (unpaired) electrons. The molecule has 2 nitrogen and oxygen atoms in total. The lowest BCUT2D eigenvalue weighted by molar-refractivity contribution is -0.192. The summed E-state index contributed by atoms with van der Waals surface area (Å²) in [6.45, 7) is 10.1. The highest BCUT2D eigenvalue weighted by Gasteiger charge is 2.30. The van der Waals surface area contributed by atoms with Crippen molar-refractivity contribution >= 4 is 11.6 Å². The summed E-state index contributed by atoms with van der Waals surface area (Å²) in [5.41, 5.74) is -0.387. The zero-order chi connectivity index (χ0) is 12.1. The lowest BCUT2D eigenvalue weighted by Crippen LogP contribution is -2.37. The van der Waals surface area contributed by atoms with Crippen molar-refractivity contribution in [3.05, 3.63) is 0 Å².